The molecule has 1 atom stereocenters. The maximum Gasteiger partial charge on any atom is 0.233 e. The van der Waals surface area contributed by atoms with Crippen LogP contribution in [-0.2, 0) is 11.3 Å². The summed E-state index contributed by atoms with van der Waals surface area (Å²) in [5.74, 6) is 0.700. The summed E-state index contributed by atoms with van der Waals surface area (Å²) in [5.41, 5.74) is 1.16. The molecule has 4 heterocycles. The molecule has 0 aliphatic carbocycles. The molecule has 4 rings (SSSR count). The first-order valence-corrected chi connectivity index (χ1v) is 8.53. The largest absolute Gasteiger partial charge is 0.368 e. The van der Waals surface area contributed by atoms with Crippen molar-refractivity contribution < 1.29 is 4.79 Å². The molecule has 126 valence electrons. The Morgan fingerprint density at radius 3 is 2.62 bits per heavy atom. The number of piperazine rings is 1. The summed E-state index contributed by atoms with van der Waals surface area (Å²) in [6.07, 6.45) is 6.50. The number of anilines is 1. The number of amides is 1. The molecule has 2 aromatic rings. The molecule has 8 nitrogen and oxygen atoms in total. The molecule has 2 aliphatic rings. The van der Waals surface area contributed by atoms with Crippen LogP contribution in [0.2, 0.25) is 0 Å². The van der Waals surface area contributed by atoms with Gasteiger partial charge in [0, 0.05) is 50.8 Å². The van der Waals surface area contributed by atoms with Crippen molar-refractivity contribution >= 4 is 11.6 Å². The molecule has 0 aromatic carbocycles. The van der Waals surface area contributed by atoms with Crippen molar-refractivity contribution in [3.63, 3.8) is 0 Å². The average Bonchev–Trinajstić information content (AvgIpc) is 3.01. The molecular formula is C16H21N7O. The maximum absolute atomic E-state index is 13.0. The highest BCUT2D eigenvalue weighted by molar-refractivity contribution is 5.83. The summed E-state index contributed by atoms with van der Waals surface area (Å²) < 4.78 is 1.79. The molecule has 8 heteroatoms. The van der Waals surface area contributed by atoms with E-state index in [4.69, 9.17) is 0 Å². The number of aromatic nitrogens is 5. The summed E-state index contributed by atoms with van der Waals surface area (Å²) in [4.78, 5) is 21.3. The maximum atomic E-state index is 13.0. The normalized spacial score (nSPS) is 21.2. The van der Waals surface area contributed by atoms with Gasteiger partial charge in [-0.25, -0.2) is 4.68 Å². The first-order chi connectivity index (χ1) is 11.8. The van der Waals surface area contributed by atoms with Gasteiger partial charge in [0.15, 0.2) is 5.82 Å². The first kappa shape index (κ1) is 15.0. The topological polar surface area (TPSA) is 80.0 Å². The van der Waals surface area contributed by atoms with Gasteiger partial charge in [-0.3, -0.25) is 9.78 Å². The monoisotopic (exact) mass is 327 g/mol. The highest BCUT2D eigenvalue weighted by Gasteiger charge is 2.33. The minimum atomic E-state index is -0.199. The van der Waals surface area contributed by atoms with Crippen molar-refractivity contribution in [1.29, 1.82) is 0 Å². The number of carbonyl (C=O) groups excluding carboxylic acids is 1. The molecule has 0 spiro atoms. The van der Waals surface area contributed by atoms with E-state index in [1.165, 1.54) is 0 Å². The minimum Gasteiger partial charge on any atom is -0.368 e. The molecule has 2 aliphatic heterocycles. The molecular weight excluding hydrogens is 306 g/mol. The van der Waals surface area contributed by atoms with Crippen LogP contribution in [0.1, 0.15) is 31.0 Å². The molecule has 0 N–H and O–H groups in total. The lowest BCUT2D eigenvalue weighted by Crippen LogP contribution is -2.50. The molecule has 0 saturated carbocycles. The number of aryl methyl sites for hydroxylation is 1. The van der Waals surface area contributed by atoms with Gasteiger partial charge in [-0.15, -0.1) is 5.10 Å². The van der Waals surface area contributed by atoms with E-state index in [1.807, 2.05) is 17.0 Å². The van der Waals surface area contributed by atoms with Gasteiger partial charge >= 0.3 is 0 Å². The standard InChI is InChI=1S/C16H21N7O/c24-16(14-3-1-2-8-23-15(14)18-19-20-23)22-11-9-21(10-12-22)13-4-6-17-7-5-13/h4-7,14H,1-3,8-12H2/t14-/m0/s1. The third kappa shape index (κ3) is 2.83. The van der Waals surface area contributed by atoms with Crippen LogP contribution >= 0.6 is 0 Å². The van der Waals surface area contributed by atoms with E-state index >= 15 is 0 Å². The summed E-state index contributed by atoms with van der Waals surface area (Å²) in [7, 11) is 0. The smallest absolute Gasteiger partial charge is 0.233 e. The predicted molar refractivity (Wildman–Crippen MR) is 87.4 cm³/mol. The zero-order chi connectivity index (χ0) is 16.4. The quantitative estimate of drug-likeness (QED) is 0.807. The third-order valence-electron chi connectivity index (χ3n) is 4.90. The van der Waals surface area contributed by atoms with Gasteiger partial charge in [0.05, 0.1) is 5.92 Å². The number of rotatable bonds is 2. The zero-order valence-corrected chi connectivity index (χ0v) is 13.6. The Hall–Kier alpha value is -2.51. The Balaban J connectivity index is 1.44. The second-order valence-electron chi connectivity index (χ2n) is 6.33. The lowest BCUT2D eigenvalue weighted by molar-refractivity contribution is -0.133. The van der Waals surface area contributed by atoms with Crippen LogP contribution in [-0.4, -0.2) is 62.2 Å². The number of hydrogen-bond donors (Lipinski definition) is 0. The Kier molecular flexibility index (Phi) is 4.10. The van der Waals surface area contributed by atoms with Crippen molar-refractivity contribution in [3.8, 4) is 0 Å². The van der Waals surface area contributed by atoms with Gasteiger partial charge in [-0.1, -0.05) is 6.42 Å². The highest BCUT2D eigenvalue weighted by Crippen LogP contribution is 2.27. The molecule has 0 bridgehead atoms. The van der Waals surface area contributed by atoms with Crippen LogP contribution < -0.4 is 4.90 Å². The van der Waals surface area contributed by atoms with E-state index in [1.54, 1.807) is 17.1 Å². The Bertz CT molecular complexity index is 693. The summed E-state index contributed by atoms with van der Waals surface area (Å²) in [6, 6.07) is 4.02. The number of hydrogen-bond acceptors (Lipinski definition) is 6. The van der Waals surface area contributed by atoms with Crippen LogP contribution in [0.25, 0.3) is 0 Å². The number of pyridine rings is 1. The fourth-order valence-corrected chi connectivity index (χ4v) is 3.55. The molecule has 0 radical (unpaired) electrons. The second kappa shape index (κ2) is 6.54. The van der Waals surface area contributed by atoms with Crippen LogP contribution in [0, 0.1) is 0 Å². The van der Waals surface area contributed by atoms with Crippen LogP contribution in [0.15, 0.2) is 24.5 Å². The van der Waals surface area contributed by atoms with Gasteiger partial charge in [-0.2, -0.15) is 0 Å². The van der Waals surface area contributed by atoms with Crippen molar-refractivity contribution in [2.24, 2.45) is 0 Å². The van der Waals surface area contributed by atoms with Crippen molar-refractivity contribution in [1.82, 2.24) is 30.1 Å². The van der Waals surface area contributed by atoms with E-state index in [0.717, 1.165) is 63.5 Å². The molecule has 1 amide bonds. The van der Waals surface area contributed by atoms with Crippen molar-refractivity contribution in [2.75, 3.05) is 31.1 Å². The fraction of sp³-hybridized carbons (Fsp3) is 0.562. The van der Waals surface area contributed by atoms with E-state index in [9.17, 15) is 4.79 Å². The van der Waals surface area contributed by atoms with Crippen LogP contribution in [0.4, 0.5) is 5.69 Å². The van der Waals surface area contributed by atoms with E-state index in [0.29, 0.717) is 0 Å². The molecule has 24 heavy (non-hydrogen) atoms. The molecule has 1 fully saturated rings. The second-order valence-corrected chi connectivity index (χ2v) is 6.33. The summed E-state index contributed by atoms with van der Waals surface area (Å²) in [6.45, 7) is 3.96. The lowest BCUT2D eigenvalue weighted by atomic mass is 10.0. The minimum absolute atomic E-state index is 0.169. The Morgan fingerprint density at radius 1 is 1.04 bits per heavy atom. The van der Waals surface area contributed by atoms with Gasteiger partial charge in [0.25, 0.3) is 0 Å². The summed E-state index contributed by atoms with van der Waals surface area (Å²) in [5, 5.41) is 11.9. The third-order valence-corrected chi connectivity index (χ3v) is 4.90. The van der Waals surface area contributed by atoms with Gasteiger partial charge in [-0.05, 0) is 35.4 Å². The SMILES string of the molecule is O=C([C@H]1CCCCn2nnnc21)N1CCN(c2ccncc2)CC1. The van der Waals surface area contributed by atoms with Gasteiger partial charge in [0.2, 0.25) is 5.91 Å². The molecule has 1 saturated heterocycles. The molecule has 2 aromatic heterocycles. The van der Waals surface area contributed by atoms with Gasteiger partial charge in [0.1, 0.15) is 0 Å². The highest BCUT2D eigenvalue weighted by atomic mass is 16.2. The van der Waals surface area contributed by atoms with Gasteiger partial charge < -0.3 is 9.80 Å². The lowest BCUT2D eigenvalue weighted by Gasteiger charge is -2.37. The number of fused-ring (bicyclic) bond motifs is 1. The summed E-state index contributed by atoms with van der Waals surface area (Å²) >= 11 is 0. The van der Waals surface area contributed by atoms with E-state index in [-0.39, 0.29) is 11.8 Å². The average molecular weight is 327 g/mol. The number of carbonyl (C=O) groups is 1. The van der Waals surface area contributed by atoms with E-state index in [2.05, 4.69) is 25.4 Å². The van der Waals surface area contributed by atoms with Crippen LogP contribution in [0.5, 0.6) is 0 Å². The number of tetrazole rings is 1. The Morgan fingerprint density at radius 2 is 1.83 bits per heavy atom. The van der Waals surface area contributed by atoms with Crippen molar-refractivity contribution in [2.45, 2.75) is 31.7 Å². The predicted octanol–water partition coefficient (Wildman–Crippen LogP) is 0.684. The zero-order valence-electron chi connectivity index (χ0n) is 13.6. The van der Waals surface area contributed by atoms with E-state index < -0.39 is 0 Å². The molecule has 0 unspecified atom stereocenters. The number of nitrogens with zero attached hydrogens (tertiary/aromatic N) is 7. The first-order valence-electron chi connectivity index (χ1n) is 8.53. The van der Waals surface area contributed by atoms with Crippen LogP contribution in [0.3, 0.4) is 0 Å². The fourth-order valence-electron chi connectivity index (χ4n) is 3.55. The Labute approximate surface area is 140 Å². The van der Waals surface area contributed by atoms with Crippen molar-refractivity contribution in [3.05, 3.63) is 30.4 Å².